The van der Waals surface area contributed by atoms with Gasteiger partial charge in [-0.15, -0.1) is 0 Å². The Morgan fingerprint density at radius 3 is 2.89 bits per heavy atom. The van der Waals surface area contributed by atoms with Crippen molar-refractivity contribution < 1.29 is 0 Å². The first kappa shape index (κ1) is 5.99. The molecule has 0 radical (unpaired) electrons. The van der Waals surface area contributed by atoms with E-state index in [0.717, 1.165) is 0 Å². The number of rotatable bonds is 0. The summed E-state index contributed by atoms with van der Waals surface area (Å²) < 4.78 is 0. The minimum absolute atomic E-state index is 0.375. The second-order valence-corrected chi connectivity index (χ2v) is 1.85. The van der Waals surface area contributed by atoms with Crippen LogP contribution in [0.5, 0.6) is 0 Å². The summed E-state index contributed by atoms with van der Waals surface area (Å²) in [6.45, 7) is 0. The predicted molar refractivity (Wildman–Crippen MR) is 34.6 cm³/mol. The Morgan fingerprint density at radius 2 is 2.44 bits per heavy atom. The van der Waals surface area contributed by atoms with Gasteiger partial charge in [-0.1, -0.05) is 5.03 Å². The van der Waals surface area contributed by atoms with Crippen molar-refractivity contribution in [1.29, 1.82) is 5.26 Å². The zero-order chi connectivity index (χ0) is 6.69. The number of hydrogen-bond acceptors (Lipinski definition) is 3. The minimum Gasteiger partial charge on any atom is -0.759 e. The van der Waals surface area contributed by atoms with E-state index in [2.05, 4.69) is 4.98 Å². The van der Waals surface area contributed by atoms with Gasteiger partial charge in [0.1, 0.15) is 0 Å². The molecule has 0 spiro atoms. The Kier molecular flexibility index (Phi) is 1.61. The van der Waals surface area contributed by atoms with Crippen LogP contribution in [0.25, 0.3) is 0 Å². The Bertz CT molecular complexity index is 251. The SMILES string of the molecule is N#Cc1cccnc1[S-]. The topological polar surface area (TPSA) is 36.7 Å². The normalized spacial score (nSPS) is 8.33. The first-order valence-electron chi connectivity index (χ1n) is 2.36. The van der Waals surface area contributed by atoms with E-state index >= 15 is 0 Å². The highest BCUT2D eigenvalue weighted by molar-refractivity contribution is 7.58. The molecule has 0 N–H and O–H groups in total. The van der Waals surface area contributed by atoms with Crippen molar-refractivity contribution in [2.24, 2.45) is 0 Å². The van der Waals surface area contributed by atoms with Gasteiger partial charge in [-0.05, 0) is 12.1 Å². The van der Waals surface area contributed by atoms with Crippen LogP contribution in [-0.2, 0) is 12.6 Å². The first-order chi connectivity index (χ1) is 4.34. The van der Waals surface area contributed by atoms with Crippen molar-refractivity contribution in [3.05, 3.63) is 23.9 Å². The summed E-state index contributed by atoms with van der Waals surface area (Å²) in [6, 6.07) is 5.27. The molecule has 1 aromatic rings. The first-order valence-corrected chi connectivity index (χ1v) is 2.77. The van der Waals surface area contributed by atoms with Crippen LogP contribution in [0.1, 0.15) is 5.56 Å². The van der Waals surface area contributed by atoms with Crippen molar-refractivity contribution in [2.45, 2.75) is 5.03 Å². The highest BCUT2D eigenvalue weighted by Crippen LogP contribution is 1.99. The van der Waals surface area contributed by atoms with Crippen LogP contribution in [0.2, 0.25) is 0 Å². The number of nitrogens with zero attached hydrogens (tertiary/aromatic N) is 2. The van der Waals surface area contributed by atoms with E-state index in [1.54, 1.807) is 18.3 Å². The molecular weight excluding hydrogens is 132 g/mol. The van der Waals surface area contributed by atoms with Crippen molar-refractivity contribution in [1.82, 2.24) is 4.98 Å². The fourth-order valence-electron chi connectivity index (χ4n) is 0.476. The molecule has 1 heterocycles. The van der Waals surface area contributed by atoms with Gasteiger partial charge in [0.15, 0.2) is 0 Å². The van der Waals surface area contributed by atoms with Crippen molar-refractivity contribution in [3.8, 4) is 6.07 Å². The summed E-state index contributed by atoms with van der Waals surface area (Å²) in [5, 5.41) is 8.74. The number of hydrogen-bond donors (Lipinski definition) is 0. The highest BCUT2D eigenvalue weighted by atomic mass is 32.1. The van der Waals surface area contributed by atoms with Gasteiger partial charge in [0, 0.05) is 6.20 Å². The molecule has 0 aliphatic heterocycles. The van der Waals surface area contributed by atoms with E-state index in [-0.39, 0.29) is 0 Å². The minimum atomic E-state index is 0.375. The van der Waals surface area contributed by atoms with Crippen molar-refractivity contribution >= 4 is 12.6 Å². The van der Waals surface area contributed by atoms with Crippen LogP contribution >= 0.6 is 0 Å². The zero-order valence-electron chi connectivity index (χ0n) is 4.53. The molecule has 0 unspecified atom stereocenters. The molecule has 0 amide bonds. The zero-order valence-corrected chi connectivity index (χ0v) is 5.35. The third-order valence-corrected chi connectivity index (χ3v) is 1.22. The average Bonchev–Trinajstić information content (AvgIpc) is 1.89. The summed E-state index contributed by atoms with van der Waals surface area (Å²) in [5.74, 6) is 0. The molecule has 0 bridgehead atoms. The Balaban J connectivity index is 3.20. The number of pyridine rings is 1. The second kappa shape index (κ2) is 2.42. The molecule has 2 nitrogen and oxygen atoms in total. The lowest BCUT2D eigenvalue weighted by Crippen LogP contribution is -1.82. The lowest BCUT2D eigenvalue weighted by Gasteiger charge is -2.02. The monoisotopic (exact) mass is 135 g/mol. The van der Waals surface area contributed by atoms with E-state index in [4.69, 9.17) is 17.9 Å². The van der Waals surface area contributed by atoms with Crippen LogP contribution in [0.15, 0.2) is 23.4 Å². The molecule has 0 saturated carbocycles. The lowest BCUT2D eigenvalue weighted by molar-refractivity contribution is 1.12. The lowest BCUT2D eigenvalue weighted by atomic mass is 10.3. The van der Waals surface area contributed by atoms with Gasteiger partial charge in [-0.3, -0.25) is 4.98 Å². The maximum Gasteiger partial charge on any atom is 0.0991 e. The molecule has 0 aliphatic carbocycles. The molecule has 1 aromatic heterocycles. The fraction of sp³-hybridized carbons (Fsp3) is 0. The van der Waals surface area contributed by atoms with Crippen LogP contribution in [0.4, 0.5) is 0 Å². The smallest absolute Gasteiger partial charge is 0.0991 e. The summed E-state index contributed by atoms with van der Waals surface area (Å²) in [4.78, 5) is 3.74. The third-order valence-electron chi connectivity index (χ3n) is 0.892. The maximum atomic E-state index is 8.36. The predicted octanol–water partition coefficient (Wildman–Crippen LogP) is 0.859. The van der Waals surface area contributed by atoms with E-state index in [0.29, 0.717) is 10.6 Å². The quantitative estimate of drug-likeness (QED) is 0.495. The van der Waals surface area contributed by atoms with E-state index in [1.165, 1.54) is 0 Å². The number of aromatic nitrogens is 1. The highest BCUT2D eigenvalue weighted by Gasteiger charge is 1.84. The molecule has 44 valence electrons. The molecule has 3 heteroatoms. The Labute approximate surface area is 58.6 Å². The van der Waals surface area contributed by atoms with E-state index < -0.39 is 0 Å². The van der Waals surface area contributed by atoms with Crippen LogP contribution in [0.3, 0.4) is 0 Å². The standard InChI is InChI=1S/C6H4N2S/c7-4-5-2-1-3-8-6(5)9/h1-3H,(H,8,9)/p-1. The van der Waals surface area contributed by atoms with Gasteiger partial charge in [0.2, 0.25) is 0 Å². The second-order valence-electron chi connectivity index (χ2n) is 1.47. The van der Waals surface area contributed by atoms with Gasteiger partial charge >= 0.3 is 0 Å². The molecule has 0 aromatic carbocycles. The Hall–Kier alpha value is -1.14. The summed E-state index contributed by atoms with van der Waals surface area (Å²) >= 11 is 4.72. The molecule has 0 aliphatic rings. The van der Waals surface area contributed by atoms with Gasteiger partial charge < -0.3 is 12.6 Å². The van der Waals surface area contributed by atoms with Crippen LogP contribution in [0, 0.1) is 11.3 Å². The third kappa shape index (κ3) is 1.15. The summed E-state index contributed by atoms with van der Waals surface area (Å²) in [7, 11) is 0. The molecule has 0 fully saturated rings. The number of nitriles is 1. The van der Waals surface area contributed by atoms with Gasteiger partial charge in [-0.25, -0.2) is 0 Å². The molecule has 0 saturated heterocycles. The van der Waals surface area contributed by atoms with E-state index in [1.807, 2.05) is 6.07 Å². The largest absolute Gasteiger partial charge is 0.759 e. The van der Waals surface area contributed by atoms with Crippen LogP contribution in [-0.4, -0.2) is 4.98 Å². The fourth-order valence-corrected chi connectivity index (χ4v) is 0.650. The molecule has 0 atom stereocenters. The van der Waals surface area contributed by atoms with E-state index in [9.17, 15) is 0 Å². The molecule has 9 heavy (non-hydrogen) atoms. The Morgan fingerprint density at radius 1 is 1.67 bits per heavy atom. The van der Waals surface area contributed by atoms with Crippen LogP contribution < -0.4 is 0 Å². The van der Waals surface area contributed by atoms with Gasteiger partial charge in [-0.2, -0.15) is 5.26 Å². The van der Waals surface area contributed by atoms with Gasteiger partial charge in [0.05, 0.1) is 11.6 Å². The van der Waals surface area contributed by atoms with Crippen molar-refractivity contribution in [3.63, 3.8) is 0 Å². The summed E-state index contributed by atoms with van der Waals surface area (Å²) in [5.41, 5.74) is 0.465. The average molecular weight is 135 g/mol. The summed E-state index contributed by atoms with van der Waals surface area (Å²) in [6.07, 6.45) is 1.57. The van der Waals surface area contributed by atoms with Crippen molar-refractivity contribution in [2.75, 3.05) is 0 Å². The maximum absolute atomic E-state index is 8.36. The molecular formula is C6H3N2S-. The molecule has 1 rings (SSSR count). The van der Waals surface area contributed by atoms with Gasteiger partial charge in [0.25, 0.3) is 0 Å².